The first-order valence-corrected chi connectivity index (χ1v) is 6.43. The average Bonchev–Trinajstić information content (AvgIpc) is 2.42. The fraction of sp³-hybridized carbons (Fsp3) is 0.818. The number of carboxylic acid groups (broad SMARTS) is 1. The van der Waals surface area contributed by atoms with Crippen LogP contribution in [0.25, 0.3) is 0 Å². The van der Waals surface area contributed by atoms with Crippen LogP contribution in [0.3, 0.4) is 0 Å². The number of rotatable bonds is 3. The number of carbonyl (C=O) groups excluding carboxylic acids is 1. The smallest absolute Gasteiger partial charge is 0.326 e. The molecule has 1 aliphatic carbocycles. The third-order valence-corrected chi connectivity index (χ3v) is 4.26. The fourth-order valence-electron chi connectivity index (χ4n) is 2.09. The topological polar surface area (TPSA) is 54.4 Å². The van der Waals surface area contributed by atoms with Gasteiger partial charge < -0.3 is 5.11 Å². The molecule has 1 fully saturated rings. The molecule has 92 valence electrons. The maximum atomic E-state index is 12.2. The van der Waals surface area contributed by atoms with Gasteiger partial charge in [0, 0.05) is 0 Å². The monoisotopic (exact) mass is 262 g/mol. The summed E-state index contributed by atoms with van der Waals surface area (Å²) < 4.78 is -2.45. The molecular weight excluding hydrogens is 244 g/mol. The first-order chi connectivity index (χ1) is 7.31. The molecule has 1 atom stereocenters. The van der Waals surface area contributed by atoms with Crippen molar-refractivity contribution in [2.75, 3.05) is 0 Å². The third-order valence-electron chi connectivity index (χ3n) is 3.21. The standard InChI is InChI=1S/C11H18O3S2/c1-10(15,9(13)14)8(12)11(16)6-4-2-3-5-7-11/h15-16H,2-7H2,1H3,(H,13,14). The molecule has 0 heterocycles. The van der Waals surface area contributed by atoms with E-state index in [1.807, 2.05) is 0 Å². The molecule has 0 aliphatic heterocycles. The van der Waals surface area contributed by atoms with Crippen LogP contribution in [0.1, 0.15) is 45.4 Å². The Bertz CT molecular complexity index is 292. The van der Waals surface area contributed by atoms with Gasteiger partial charge >= 0.3 is 5.97 Å². The molecule has 0 amide bonds. The molecule has 1 unspecified atom stereocenters. The lowest BCUT2D eigenvalue weighted by molar-refractivity contribution is -0.144. The zero-order valence-corrected chi connectivity index (χ0v) is 11.2. The molecule has 0 aromatic carbocycles. The zero-order valence-electron chi connectivity index (χ0n) is 9.40. The predicted octanol–water partition coefficient (Wildman–Crippen LogP) is 2.35. The molecule has 0 saturated heterocycles. The number of Topliss-reactive ketones (excluding diaryl/α,β-unsaturated/α-hetero) is 1. The molecule has 3 nitrogen and oxygen atoms in total. The first-order valence-electron chi connectivity index (χ1n) is 5.54. The van der Waals surface area contributed by atoms with Crippen molar-refractivity contribution in [3.8, 4) is 0 Å². The normalized spacial score (nSPS) is 24.2. The molecule has 5 heteroatoms. The lowest BCUT2D eigenvalue weighted by Gasteiger charge is -2.31. The van der Waals surface area contributed by atoms with Crippen molar-refractivity contribution in [3.05, 3.63) is 0 Å². The maximum Gasteiger partial charge on any atom is 0.326 e. The van der Waals surface area contributed by atoms with Crippen LogP contribution < -0.4 is 0 Å². The lowest BCUT2D eigenvalue weighted by atomic mass is 9.86. The SMILES string of the molecule is CC(S)(C(=O)O)C(=O)C1(S)CCCCCC1. The number of hydrogen-bond acceptors (Lipinski definition) is 4. The summed E-state index contributed by atoms with van der Waals surface area (Å²) in [7, 11) is 0. The highest BCUT2D eigenvalue weighted by molar-refractivity contribution is 7.85. The van der Waals surface area contributed by atoms with Crippen LogP contribution in [0.2, 0.25) is 0 Å². The summed E-state index contributed by atoms with van der Waals surface area (Å²) in [6.45, 7) is 1.34. The van der Waals surface area contributed by atoms with E-state index >= 15 is 0 Å². The van der Waals surface area contributed by atoms with Crippen LogP contribution in [0.4, 0.5) is 0 Å². The van der Waals surface area contributed by atoms with Crippen molar-refractivity contribution in [1.82, 2.24) is 0 Å². The highest BCUT2D eigenvalue weighted by atomic mass is 32.1. The van der Waals surface area contributed by atoms with Crippen molar-refractivity contribution in [2.24, 2.45) is 0 Å². The average molecular weight is 262 g/mol. The number of ketones is 1. The van der Waals surface area contributed by atoms with Crippen LogP contribution in [-0.2, 0) is 9.59 Å². The summed E-state index contributed by atoms with van der Waals surface area (Å²) >= 11 is 8.42. The Morgan fingerprint density at radius 2 is 1.62 bits per heavy atom. The minimum absolute atomic E-state index is 0.374. The zero-order chi connectivity index (χ0) is 12.4. The van der Waals surface area contributed by atoms with Gasteiger partial charge in [0.15, 0.2) is 10.5 Å². The van der Waals surface area contributed by atoms with Gasteiger partial charge in [0.25, 0.3) is 0 Å². The van der Waals surface area contributed by atoms with Crippen LogP contribution in [0.15, 0.2) is 0 Å². The second-order valence-corrected chi connectivity index (χ2v) is 6.40. The Morgan fingerprint density at radius 1 is 1.19 bits per heavy atom. The Labute approximate surface area is 107 Å². The summed E-state index contributed by atoms with van der Waals surface area (Å²) in [5.41, 5.74) is 0. The Morgan fingerprint density at radius 3 is 2.00 bits per heavy atom. The summed E-state index contributed by atoms with van der Waals surface area (Å²) in [6.07, 6.45) is 5.34. The van der Waals surface area contributed by atoms with Gasteiger partial charge in [0.2, 0.25) is 0 Å². The van der Waals surface area contributed by atoms with E-state index in [2.05, 4.69) is 25.3 Å². The first kappa shape index (κ1) is 13.9. The molecule has 16 heavy (non-hydrogen) atoms. The van der Waals surface area contributed by atoms with Crippen molar-refractivity contribution in [3.63, 3.8) is 0 Å². The molecular formula is C11H18O3S2. The van der Waals surface area contributed by atoms with Gasteiger partial charge in [-0.3, -0.25) is 9.59 Å². The van der Waals surface area contributed by atoms with Crippen molar-refractivity contribution >= 4 is 37.0 Å². The van der Waals surface area contributed by atoms with Gasteiger partial charge in [-0.25, -0.2) is 0 Å². The van der Waals surface area contributed by atoms with Gasteiger partial charge in [-0.15, -0.1) is 0 Å². The van der Waals surface area contributed by atoms with E-state index < -0.39 is 15.5 Å². The highest BCUT2D eigenvalue weighted by Crippen LogP contribution is 2.38. The summed E-state index contributed by atoms with van der Waals surface area (Å²) in [6, 6.07) is 0. The van der Waals surface area contributed by atoms with Crippen molar-refractivity contribution in [2.45, 2.75) is 54.9 Å². The van der Waals surface area contributed by atoms with E-state index in [1.165, 1.54) is 6.92 Å². The molecule has 1 N–H and O–H groups in total. The Kier molecular flexibility index (Phi) is 4.35. The molecule has 0 spiro atoms. The summed E-state index contributed by atoms with van der Waals surface area (Å²) in [5.74, 6) is -1.57. The molecule has 1 saturated carbocycles. The van der Waals surface area contributed by atoms with E-state index in [9.17, 15) is 9.59 Å². The lowest BCUT2D eigenvalue weighted by Crippen LogP contribution is -2.49. The fourth-order valence-corrected chi connectivity index (χ4v) is 2.93. The molecule has 1 aliphatic rings. The van der Waals surface area contributed by atoms with Gasteiger partial charge in [-0.2, -0.15) is 25.3 Å². The van der Waals surface area contributed by atoms with Crippen molar-refractivity contribution in [1.29, 1.82) is 0 Å². The second kappa shape index (κ2) is 5.00. The number of thiol groups is 2. The van der Waals surface area contributed by atoms with Crippen molar-refractivity contribution < 1.29 is 14.7 Å². The maximum absolute atomic E-state index is 12.2. The van der Waals surface area contributed by atoms with Crippen LogP contribution in [-0.4, -0.2) is 26.4 Å². The molecule has 0 bridgehead atoms. The Balaban J connectivity index is 2.89. The largest absolute Gasteiger partial charge is 0.480 e. The van der Waals surface area contributed by atoms with E-state index in [4.69, 9.17) is 5.11 Å². The predicted molar refractivity (Wildman–Crippen MR) is 69.5 cm³/mol. The van der Waals surface area contributed by atoms with Gasteiger partial charge in [-0.1, -0.05) is 25.7 Å². The molecule has 0 aromatic rings. The summed E-state index contributed by atoms with van der Waals surface area (Å²) in [4.78, 5) is 23.2. The van der Waals surface area contributed by atoms with E-state index in [0.717, 1.165) is 25.7 Å². The Hall–Kier alpha value is -0.160. The van der Waals surface area contributed by atoms with E-state index in [1.54, 1.807) is 0 Å². The van der Waals surface area contributed by atoms with E-state index in [-0.39, 0.29) is 5.78 Å². The number of carboxylic acids is 1. The minimum atomic E-state index is -1.63. The van der Waals surface area contributed by atoms with Crippen LogP contribution >= 0.6 is 25.3 Å². The second-order valence-electron chi connectivity index (χ2n) is 4.65. The van der Waals surface area contributed by atoms with E-state index in [0.29, 0.717) is 12.8 Å². The third kappa shape index (κ3) is 2.74. The summed E-state index contributed by atoms with van der Waals surface area (Å²) in [5, 5.41) is 9.00. The van der Waals surface area contributed by atoms with Crippen LogP contribution in [0.5, 0.6) is 0 Å². The molecule has 0 aromatic heterocycles. The molecule has 1 rings (SSSR count). The number of hydrogen-bond donors (Lipinski definition) is 3. The highest BCUT2D eigenvalue weighted by Gasteiger charge is 2.48. The van der Waals surface area contributed by atoms with Gasteiger partial charge in [0.05, 0.1) is 4.75 Å². The number of aliphatic carboxylic acids is 1. The minimum Gasteiger partial charge on any atom is -0.480 e. The van der Waals surface area contributed by atoms with Gasteiger partial charge in [0.1, 0.15) is 0 Å². The number of carbonyl (C=O) groups is 2. The van der Waals surface area contributed by atoms with Crippen LogP contribution in [0, 0.1) is 0 Å². The van der Waals surface area contributed by atoms with Gasteiger partial charge in [-0.05, 0) is 19.8 Å². The quantitative estimate of drug-likeness (QED) is 0.416. The molecule has 0 radical (unpaired) electrons.